The highest BCUT2D eigenvalue weighted by Crippen LogP contribution is 2.48. The average molecular weight is 204 g/mol. The first-order valence-corrected chi connectivity index (χ1v) is 5.22. The standard InChI is InChI=1S/C12H12O3/c13-11(14)9-6-8-2-5-12(3-1-4-12)7-10(8)15-9/h2,5-7,9H,1,3-4H2,(H,13,14). The molecule has 0 saturated heterocycles. The van der Waals surface area contributed by atoms with Crippen molar-refractivity contribution in [3.05, 3.63) is 35.6 Å². The van der Waals surface area contributed by atoms with Crippen LogP contribution < -0.4 is 0 Å². The lowest BCUT2D eigenvalue weighted by Crippen LogP contribution is -2.27. The van der Waals surface area contributed by atoms with Gasteiger partial charge in [-0.05, 0) is 25.0 Å². The van der Waals surface area contributed by atoms with Crippen LogP contribution in [-0.4, -0.2) is 17.2 Å². The van der Waals surface area contributed by atoms with Crippen LogP contribution in [0.5, 0.6) is 0 Å². The largest absolute Gasteiger partial charge is 0.478 e. The lowest BCUT2D eigenvalue weighted by atomic mass is 9.66. The molecule has 0 radical (unpaired) electrons. The molecule has 0 aromatic heterocycles. The SMILES string of the molecule is O=C(O)C1C=C2C=CC3(C=C2O1)CCC3. The van der Waals surface area contributed by atoms with Crippen LogP contribution in [-0.2, 0) is 9.53 Å². The zero-order chi connectivity index (χ0) is 10.5. The Hall–Kier alpha value is -1.51. The molecule has 0 aromatic rings. The summed E-state index contributed by atoms with van der Waals surface area (Å²) in [6.45, 7) is 0. The van der Waals surface area contributed by atoms with Gasteiger partial charge in [0.2, 0.25) is 6.10 Å². The van der Waals surface area contributed by atoms with Crippen LogP contribution in [0.1, 0.15) is 19.3 Å². The molecule has 3 aliphatic rings. The third-order valence-corrected chi connectivity index (χ3v) is 3.41. The topological polar surface area (TPSA) is 46.5 Å². The van der Waals surface area contributed by atoms with E-state index in [1.807, 2.05) is 6.08 Å². The fourth-order valence-electron chi connectivity index (χ4n) is 2.32. The molecule has 1 saturated carbocycles. The molecule has 3 nitrogen and oxygen atoms in total. The van der Waals surface area contributed by atoms with E-state index < -0.39 is 12.1 Å². The molecule has 0 aromatic carbocycles. The Kier molecular flexibility index (Phi) is 1.61. The zero-order valence-electron chi connectivity index (χ0n) is 8.27. The Morgan fingerprint density at radius 1 is 1.53 bits per heavy atom. The number of hydrogen-bond acceptors (Lipinski definition) is 2. The summed E-state index contributed by atoms with van der Waals surface area (Å²) in [5, 5.41) is 8.84. The lowest BCUT2D eigenvalue weighted by Gasteiger charge is -2.38. The molecule has 78 valence electrons. The second-order valence-corrected chi connectivity index (χ2v) is 4.43. The van der Waals surface area contributed by atoms with Crippen molar-refractivity contribution >= 4 is 5.97 Å². The molecular formula is C12H12O3. The van der Waals surface area contributed by atoms with Gasteiger partial charge in [0.05, 0.1) is 0 Å². The summed E-state index contributed by atoms with van der Waals surface area (Å²) in [4.78, 5) is 10.8. The smallest absolute Gasteiger partial charge is 0.349 e. The van der Waals surface area contributed by atoms with Crippen LogP contribution in [0, 0.1) is 5.41 Å². The minimum absolute atomic E-state index is 0.167. The second-order valence-electron chi connectivity index (χ2n) is 4.43. The molecule has 1 heterocycles. The summed E-state index contributed by atoms with van der Waals surface area (Å²) in [6, 6.07) is 0. The van der Waals surface area contributed by atoms with E-state index in [9.17, 15) is 4.79 Å². The molecule has 1 atom stereocenters. The molecule has 1 N–H and O–H groups in total. The quantitative estimate of drug-likeness (QED) is 0.710. The number of hydrogen-bond donors (Lipinski definition) is 1. The minimum atomic E-state index is -0.922. The van der Waals surface area contributed by atoms with Crippen molar-refractivity contribution in [1.82, 2.24) is 0 Å². The first-order valence-electron chi connectivity index (χ1n) is 5.22. The first kappa shape index (κ1) is 8.77. The Morgan fingerprint density at radius 3 is 2.93 bits per heavy atom. The molecule has 1 aliphatic heterocycles. The van der Waals surface area contributed by atoms with Crippen LogP contribution in [0.25, 0.3) is 0 Å². The van der Waals surface area contributed by atoms with Crippen molar-refractivity contribution in [2.45, 2.75) is 25.4 Å². The molecule has 0 amide bonds. The van der Waals surface area contributed by atoms with E-state index in [1.165, 1.54) is 6.42 Å². The Bertz CT molecular complexity index is 411. The molecule has 3 rings (SSSR count). The van der Waals surface area contributed by atoms with Gasteiger partial charge in [0, 0.05) is 11.0 Å². The summed E-state index contributed by atoms with van der Waals surface area (Å²) in [5.41, 5.74) is 1.08. The summed E-state index contributed by atoms with van der Waals surface area (Å²) >= 11 is 0. The van der Waals surface area contributed by atoms with E-state index in [2.05, 4.69) is 12.2 Å². The van der Waals surface area contributed by atoms with Crippen LogP contribution in [0.4, 0.5) is 0 Å². The molecule has 1 unspecified atom stereocenters. The van der Waals surface area contributed by atoms with Crippen LogP contribution in [0.3, 0.4) is 0 Å². The maximum atomic E-state index is 10.8. The van der Waals surface area contributed by atoms with E-state index in [0.717, 1.165) is 24.2 Å². The third kappa shape index (κ3) is 1.23. The number of carbonyl (C=O) groups is 1. The highest BCUT2D eigenvalue weighted by atomic mass is 16.5. The van der Waals surface area contributed by atoms with Crippen molar-refractivity contribution in [2.75, 3.05) is 0 Å². The summed E-state index contributed by atoms with van der Waals surface area (Å²) < 4.78 is 5.38. The highest BCUT2D eigenvalue weighted by Gasteiger charge is 2.38. The number of fused-ring (bicyclic) bond motifs is 1. The van der Waals surface area contributed by atoms with E-state index in [-0.39, 0.29) is 5.41 Å². The predicted molar refractivity (Wildman–Crippen MR) is 54.1 cm³/mol. The highest BCUT2D eigenvalue weighted by molar-refractivity contribution is 5.77. The first-order chi connectivity index (χ1) is 7.19. The fraction of sp³-hybridized carbons (Fsp3) is 0.417. The van der Waals surface area contributed by atoms with Crippen molar-refractivity contribution in [1.29, 1.82) is 0 Å². The molecule has 1 fully saturated rings. The van der Waals surface area contributed by atoms with Crippen LogP contribution in [0.15, 0.2) is 35.6 Å². The molecule has 1 spiro atoms. The van der Waals surface area contributed by atoms with Gasteiger partial charge < -0.3 is 9.84 Å². The number of aliphatic carboxylic acids is 1. The fourth-order valence-corrected chi connectivity index (χ4v) is 2.32. The maximum Gasteiger partial charge on any atom is 0.349 e. The van der Waals surface area contributed by atoms with Crippen LogP contribution >= 0.6 is 0 Å². The lowest BCUT2D eigenvalue weighted by molar-refractivity contribution is -0.144. The van der Waals surface area contributed by atoms with Crippen molar-refractivity contribution < 1.29 is 14.6 Å². The second kappa shape index (κ2) is 2.75. The third-order valence-electron chi connectivity index (χ3n) is 3.41. The van der Waals surface area contributed by atoms with Gasteiger partial charge in [-0.15, -0.1) is 0 Å². The van der Waals surface area contributed by atoms with Gasteiger partial charge in [-0.1, -0.05) is 18.6 Å². The Labute approximate surface area is 87.7 Å². The van der Waals surface area contributed by atoms with Crippen LogP contribution in [0.2, 0.25) is 0 Å². The van der Waals surface area contributed by atoms with Crippen molar-refractivity contribution in [2.24, 2.45) is 5.41 Å². The van der Waals surface area contributed by atoms with Crippen molar-refractivity contribution in [3.8, 4) is 0 Å². The molecule has 2 aliphatic carbocycles. The monoisotopic (exact) mass is 204 g/mol. The molecule has 0 bridgehead atoms. The normalized spacial score (nSPS) is 30.0. The van der Waals surface area contributed by atoms with Gasteiger partial charge >= 0.3 is 5.97 Å². The molecule has 3 heteroatoms. The zero-order valence-corrected chi connectivity index (χ0v) is 8.27. The predicted octanol–water partition coefficient (Wildman–Crippen LogP) is 2.02. The number of rotatable bonds is 1. The van der Waals surface area contributed by atoms with E-state index >= 15 is 0 Å². The number of ether oxygens (including phenoxy) is 1. The maximum absolute atomic E-state index is 10.8. The van der Waals surface area contributed by atoms with E-state index in [4.69, 9.17) is 9.84 Å². The summed E-state index contributed by atoms with van der Waals surface area (Å²) in [6.07, 6.45) is 10.7. The van der Waals surface area contributed by atoms with Gasteiger partial charge in [0.15, 0.2) is 0 Å². The number of allylic oxidation sites excluding steroid dienone is 3. The van der Waals surface area contributed by atoms with Gasteiger partial charge in [0.1, 0.15) is 5.76 Å². The Balaban J connectivity index is 1.91. The van der Waals surface area contributed by atoms with Gasteiger partial charge in [-0.25, -0.2) is 4.79 Å². The molecular weight excluding hydrogens is 192 g/mol. The summed E-state index contributed by atoms with van der Waals surface area (Å²) in [7, 11) is 0. The average Bonchev–Trinajstić information content (AvgIpc) is 2.57. The van der Waals surface area contributed by atoms with Gasteiger partial charge in [-0.3, -0.25) is 0 Å². The van der Waals surface area contributed by atoms with Crippen molar-refractivity contribution in [3.63, 3.8) is 0 Å². The van der Waals surface area contributed by atoms with E-state index in [1.54, 1.807) is 6.08 Å². The number of carboxylic acids is 1. The summed E-state index contributed by atoms with van der Waals surface area (Å²) in [5.74, 6) is -0.168. The number of carboxylic acid groups (broad SMARTS) is 1. The van der Waals surface area contributed by atoms with Gasteiger partial charge in [-0.2, -0.15) is 0 Å². The minimum Gasteiger partial charge on any atom is -0.478 e. The molecule has 15 heavy (non-hydrogen) atoms. The Morgan fingerprint density at radius 2 is 2.33 bits per heavy atom. The van der Waals surface area contributed by atoms with E-state index in [0.29, 0.717) is 0 Å². The van der Waals surface area contributed by atoms with Gasteiger partial charge in [0.25, 0.3) is 0 Å².